The van der Waals surface area contributed by atoms with E-state index >= 15 is 0 Å². The molecule has 2 rings (SSSR count). The maximum Gasteiger partial charge on any atom is 0.137 e. The average molecular weight is 340 g/mol. The number of hydrogen-bond acceptors (Lipinski definition) is 4. The summed E-state index contributed by atoms with van der Waals surface area (Å²) in [5, 5.41) is 9.39. The van der Waals surface area contributed by atoms with Crippen molar-refractivity contribution in [1.82, 2.24) is 4.98 Å². The molecule has 0 saturated heterocycles. The van der Waals surface area contributed by atoms with E-state index in [9.17, 15) is 5.11 Å². The first-order valence-corrected chi connectivity index (χ1v) is 8.75. The molecular formula is C21H28N2O2. The molecule has 4 heteroatoms. The number of aliphatic hydroxyl groups is 1. The van der Waals surface area contributed by atoms with Gasteiger partial charge in [-0.2, -0.15) is 0 Å². The van der Waals surface area contributed by atoms with Crippen LogP contribution in [0.2, 0.25) is 0 Å². The molecule has 0 aliphatic heterocycles. The van der Waals surface area contributed by atoms with Crippen LogP contribution in [0.3, 0.4) is 0 Å². The van der Waals surface area contributed by atoms with E-state index in [2.05, 4.69) is 60.1 Å². The van der Waals surface area contributed by atoms with E-state index in [1.165, 1.54) is 5.56 Å². The number of benzene rings is 1. The van der Waals surface area contributed by atoms with Gasteiger partial charge in [0.2, 0.25) is 0 Å². The van der Waals surface area contributed by atoms with Gasteiger partial charge in [-0.3, -0.25) is 4.98 Å². The normalized spacial score (nSPS) is 11.2. The summed E-state index contributed by atoms with van der Waals surface area (Å²) in [6, 6.07) is 10.5. The molecule has 25 heavy (non-hydrogen) atoms. The fraction of sp³-hybridized carbons (Fsp3) is 0.381. The van der Waals surface area contributed by atoms with Gasteiger partial charge >= 0.3 is 0 Å². The number of methoxy groups -OCH3 is 1. The van der Waals surface area contributed by atoms with Crippen LogP contribution in [0, 0.1) is 0 Å². The van der Waals surface area contributed by atoms with E-state index in [4.69, 9.17) is 4.74 Å². The summed E-state index contributed by atoms with van der Waals surface area (Å²) in [6.45, 7) is 6.03. The van der Waals surface area contributed by atoms with Gasteiger partial charge in [0.1, 0.15) is 5.75 Å². The number of pyridine rings is 1. The van der Waals surface area contributed by atoms with Crippen LogP contribution >= 0.6 is 0 Å². The van der Waals surface area contributed by atoms with Crippen molar-refractivity contribution in [3.8, 4) is 5.75 Å². The van der Waals surface area contributed by atoms with Crippen LogP contribution in [0.15, 0.2) is 48.8 Å². The third-order valence-electron chi connectivity index (χ3n) is 4.12. The molecule has 0 unspecified atom stereocenters. The molecule has 0 saturated carbocycles. The van der Waals surface area contributed by atoms with Crippen molar-refractivity contribution in [2.45, 2.75) is 26.2 Å². The molecule has 1 aromatic carbocycles. The SMILES string of the molecule is COc1cncc(/C=C/CCN(CCO)c2cccc(C(C)C)c2)c1. The second-order valence-electron chi connectivity index (χ2n) is 6.31. The fourth-order valence-electron chi connectivity index (χ4n) is 2.66. The molecule has 0 atom stereocenters. The standard InChI is InChI=1S/C21H28N2O2/c1-17(2)19-8-6-9-20(14-19)23(11-12-24)10-5-4-7-18-13-21(25-3)16-22-15-18/h4,6-9,13-17,24H,5,10-12H2,1-3H3/b7-4+. The fourth-order valence-corrected chi connectivity index (χ4v) is 2.66. The highest BCUT2D eigenvalue weighted by molar-refractivity contribution is 5.51. The topological polar surface area (TPSA) is 45.6 Å². The molecule has 0 fully saturated rings. The molecule has 0 radical (unpaired) electrons. The highest BCUT2D eigenvalue weighted by atomic mass is 16.5. The van der Waals surface area contributed by atoms with Crippen molar-refractivity contribution in [2.24, 2.45) is 0 Å². The minimum Gasteiger partial charge on any atom is -0.495 e. The van der Waals surface area contributed by atoms with Crippen LogP contribution < -0.4 is 9.64 Å². The number of rotatable bonds is 9. The Hall–Kier alpha value is -2.33. The van der Waals surface area contributed by atoms with Crippen molar-refractivity contribution in [2.75, 3.05) is 31.7 Å². The number of anilines is 1. The second kappa shape index (κ2) is 9.84. The van der Waals surface area contributed by atoms with E-state index < -0.39 is 0 Å². The van der Waals surface area contributed by atoms with Crippen LogP contribution in [0.1, 0.15) is 37.3 Å². The van der Waals surface area contributed by atoms with Crippen LogP contribution in [-0.4, -0.2) is 36.9 Å². The van der Waals surface area contributed by atoms with E-state index in [1.54, 1.807) is 13.3 Å². The maximum atomic E-state index is 9.39. The predicted molar refractivity (Wildman–Crippen MR) is 104 cm³/mol. The summed E-state index contributed by atoms with van der Waals surface area (Å²) in [7, 11) is 1.64. The van der Waals surface area contributed by atoms with Crippen LogP contribution in [-0.2, 0) is 0 Å². The van der Waals surface area contributed by atoms with Crippen molar-refractivity contribution >= 4 is 11.8 Å². The van der Waals surface area contributed by atoms with Crippen molar-refractivity contribution < 1.29 is 9.84 Å². The molecule has 1 heterocycles. The third-order valence-corrected chi connectivity index (χ3v) is 4.12. The largest absolute Gasteiger partial charge is 0.495 e. The minimum atomic E-state index is 0.148. The molecule has 2 aromatic rings. The van der Waals surface area contributed by atoms with E-state index in [0.29, 0.717) is 12.5 Å². The lowest BCUT2D eigenvalue weighted by Crippen LogP contribution is -2.27. The molecule has 134 valence electrons. The zero-order valence-corrected chi connectivity index (χ0v) is 15.4. The number of nitrogens with zero attached hydrogens (tertiary/aromatic N) is 2. The van der Waals surface area contributed by atoms with E-state index in [1.807, 2.05) is 12.3 Å². The molecule has 1 aromatic heterocycles. The zero-order chi connectivity index (χ0) is 18.1. The zero-order valence-electron chi connectivity index (χ0n) is 15.4. The van der Waals surface area contributed by atoms with Gasteiger partial charge in [0, 0.05) is 25.0 Å². The molecule has 1 N–H and O–H groups in total. The van der Waals surface area contributed by atoms with E-state index in [0.717, 1.165) is 30.0 Å². The first-order chi connectivity index (χ1) is 12.1. The van der Waals surface area contributed by atoms with Crippen molar-refractivity contribution in [3.63, 3.8) is 0 Å². The predicted octanol–water partition coefficient (Wildman–Crippen LogP) is 4.12. The van der Waals surface area contributed by atoms with Gasteiger partial charge in [0.15, 0.2) is 0 Å². The van der Waals surface area contributed by atoms with Gasteiger partial charge < -0.3 is 14.7 Å². The number of hydrogen-bond donors (Lipinski definition) is 1. The Morgan fingerprint density at radius 3 is 2.76 bits per heavy atom. The monoisotopic (exact) mass is 340 g/mol. The van der Waals surface area contributed by atoms with Gasteiger partial charge in [-0.1, -0.05) is 38.1 Å². The van der Waals surface area contributed by atoms with Gasteiger partial charge in [-0.15, -0.1) is 0 Å². The molecule has 0 aliphatic rings. The molecule has 4 nitrogen and oxygen atoms in total. The Morgan fingerprint density at radius 1 is 1.20 bits per heavy atom. The van der Waals surface area contributed by atoms with Gasteiger partial charge in [-0.05, 0) is 41.7 Å². The molecule has 0 spiro atoms. The summed E-state index contributed by atoms with van der Waals surface area (Å²) >= 11 is 0. The van der Waals surface area contributed by atoms with Crippen molar-refractivity contribution in [3.05, 3.63) is 59.9 Å². The smallest absolute Gasteiger partial charge is 0.137 e. The van der Waals surface area contributed by atoms with Crippen LogP contribution in [0.5, 0.6) is 5.75 Å². The quantitative estimate of drug-likeness (QED) is 0.746. The highest BCUT2D eigenvalue weighted by Crippen LogP contribution is 2.22. The third kappa shape index (κ3) is 5.91. The summed E-state index contributed by atoms with van der Waals surface area (Å²) in [6.07, 6.45) is 8.59. The minimum absolute atomic E-state index is 0.148. The van der Waals surface area contributed by atoms with Gasteiger partial charge in [0.25, 0.3) is 0 Å². The van der Waals surface area contributed by atoms with Crippen LogP contribution in [0.25, 0.3) is 6.08 Å². The first-order valence-electron chi connectivity index (χ1n) is 8.75. The summed E-state index contributed by atoms with van der Waals surface area (Å²) in [5.41, 5.74) is 3.50. The summed E-state index contributed by atoms with van der Waals surface area (Å²) in [4.78, 5) is 6.38. The maximum absolute atomic E-state index is 9.39. The molecular weight excluding hydrogens is 312 g/mol. The van der Waals surface area contributed by atoms with Gasteiger partial charge in [-0.25, -0.2) is 0 Å². The Labute approximate surface area is 150 Å². The molecule has 0 amide bonds. The lowest BCUT2D eigenvalue weighted by molar-refractivity contribution is 0.302. The first kappa shape index (κ1) is 19.0. The second-order valence-corrected chi connectivity index (χ2v) is 6.31. The number of aliphatic hydroxyl groups excluding tert-OH is 1. The lowest BCUT2D eigenvalue weighted by Gasteiger charge is -2.24. The average Bonchev–Trinajstić information content (AvgIpc) is 2.64. The van der Waals surface area contributed by atoms with E-state index in [-0.39, 0.29) is 6.61 Å². The van der Waals surface area contributed by atoms with Crippen LogP contribution in [0.4, 0.5) is 5.69 Å². The number of aromatic nitrogens is 1. The molecule has 0 bridgehead atoms. The summed E-state index contributed by atoms with van der Waals surface area (Å²) in [5.74, 6) is 1.26. The van der Waals surface area contributed by atoms with Crippen molar-refractivity contribution in [1.29, 1.82) is 0 Å². The Balaban J connectivity index is 1.99. The lowest BCUT2D eigenvalue weighted by atomic mass is 10.0. The number of ether oxygens (including phenoxy) is 1. The summed E-state index contributed by atoms with van der Waals surface area (Å²) < 4.78 is 5.19. The Bertz CT molecular complexity index is 683. The Kier molecular flexibility index (Phi) is 7.48. The molecule has 0 aliphatic carbocycles. The van der Waals surface area contributed by atoms with Gasteiger partial charge in [0.05, 0.1) is 19.9 Å². The highest BCUT2D eigenvalue weighted by Gasteiger charge is 2.07. The Morgan fingerprint density at radius 2 is 2.04 bits per heavy atom.